The lowest BCUT2D eigenvalue weighted by Crippen LogP contribution is -2.42. The summed E-state index contributed by atoms with van der Waals surface area (Å²) in [5.74, 6) is 0. The Bertz CT molecular complexity index is 826. The molecule has 5 heteroatoms. The SMILES string of the molecule is CC(NC(=S)N(CCCN1CCOCC1)Cc1ccc(C(C)(C)C)cc1)c1ccccc1. The molecule has 0 saturated carbocycles. The second-order valence-electron chi connectivity index (χ2n) is 9.76. The predicted octanol–water partition coefficient (Wildman–Crippen LogP) is 5.14. The summed E-state index contributed by atoms with van der Waals surface area (Å²) in [6.45, 7) is 15.5. The van der Waals surface area contributed by atoms with E-state index in [9.17, 15) is 0 Å². The fourth-order valence-corrected chi connectivity index (χ4v) is 4.33. The molecule has 1 aliphatic heterocycles. The Morgan fingerprint density at radius 3 is 2.34 bits per heavy atom. The summed E-state index contributed by atoms with van der Waals surface area (Å²) in [4.78, 5) is 4.81. The summed E-state index contributed by atoms with van der Waals surface area (Å²) in [5.41, 5.74) is 4.07. The van der Waals surface area contributed by atoms with E-state index >= 15 is 0 Å². The Hall–Kier alpha value is -1.95. The van der Waals surface area contributed by atoms with Crippen LogP contribution in [0.4, 0.5) is 0 Å². The van der Waals surface area contributed by atoms with Crippen LogP contribution in [-0.4, -0.2) is 54.3 Å². The molecule has 174 valence electrons. The van der Waals surface area contributed by atoms with Gasteiger partial charge in [0.1, 0.15) is 0 Å². The summed E-state index contributed by atoms with van der Waals surface area (Å²) in [7, 11) is 0. The van der Waals surface area contributed by atoms with Crippen molar-refractivity contribution in [1.82, 2.24) is 15.1 Å². The van der Waals surface area contributed by atoms with Crippen LogP contribution in [0.1, 0.15) is 56.8 Å². The van der Waals surface area contributed by atoms with Crippen LogP contribution in [0.2, 0.25) is 0 Å². The molecule has 2 aromatic carbocycles. The fraction of sp³-hybridized carbons (Fsp3) is 0.519. The molecule has 3 rings (SSSR count). The van der Waals surface area contributed by atoms with Gasteiger partial charge >= 0.3 is 0 Å². The molecule has 1 N–H and O–H groups in total. The molecule has 0 bridgehead atoms. The van der Waals surface area contributed by atoms with E-state index in [1.165, 1.54) is 16.7 Å². The first kappa shape index (κ1) is 24.7. The first-order chi connectivity index (χ1) is 15.3. The Morgan fingerprint density at radius 1 is 1.06 bits per heavy atom. The van der Waals surface area contributed by atoms with Crippen molar-refractivity contribution >= 4 is 17.3 Å². The molecule has 0 spiro atoms. The fourth-order valence-electron chi connectivity index (χ4n) is 3.99. The number of rotatable bonds is 8. The van der Waals surface area contributed by atoms with Crippen molar-refractivity contribution in [3.8, 4) is 0 Å². The lowest BCUT2D eigenvalue weighted by atomic mass is 9.87. The van der Waals surface area contributed by atoms with Gasteiger partial charge in [0.15, 0.2) is 5.11 Å². The van der Waals surface area contributed by atoms with Gasteiger partial charge < -0.3 is 15.0 Å². The number of nitrogens with zero attached hydrogens (tertiary/aromatic N) is 2. The van der Waals surface area contributed by atoms with Crippen molar-refractivity contribution in [2.75, 3.05) is 39.4 Å². The van der Waals surface area contributed by atoms with Gasteiger partial charge in [-0.15, -0.1) is 0 Å². The van der Waals surface area contributed by atoms with Crippen LogP contribution in [0.3, 0.4) is 0 Å². The molecule has 1 unspecified atom stereocenters. The molecule has 1 atom stereocenters. The average Bonchev–Trinajstić information content (AvgIpc) is 2.79. The van der Waals surface area contributed by atoms with Gasteiger partial charge in [-0.05, 0) is 47.7 Å². The third kappa shape index (κ3) is 7.58. The van der Waals surface area contributed by atoms with Crippen molar-refractivity contribution in [2.45, 2.75) is 52.1 Å². The highest BCUT2D eigenvalue weighted by molar-refractivity contribution is 7.80. The molecular weight excluding hydrogens is 414 g/mol. The van der Waals surface area contributed by atoms with E-state index in [4.69, 9.17) is 17.0 Å². The van der Waals surface area contributed by atoms with E-state index in [1.54, 1.807) is 0 Å². The Labute approximate surface area is 199 Å². The molecule has 1 aliphatic rings. The second-order valence-corrected chi connectivity index (χ2v) is 10.1. The normalized spacial score (nSPS) is 15.9. The van der Waals surface area contributed by atoms with Crippen LogP contribution in [-0.2, 0) is 16.7 Å². The molecule has 2 aromatic rings. The zero-order valence-electron chi connectivity index (χ0n) is 20.1. The lowest BCUT2D eigenvalue weighted by molar-refractivity contribution is 0.0367. The number of nitrogens with one attached hydrogen (secondary N) is 1. The predicted molar refractivity (Wildman–Crippen MR) is 138 cm³/mol. The first-order valence-corrected chi connectivity index (χ1v) is 12.2. The van der Waals surface area contributed by atoms with Gasteiger partial charge in [-0.1, -0.05) is 75.4 Å². The minimum Gasteiger partial charge on any atom is -0.379 e. The van der Waals surface area contributed by atoms with Gasteiger partial charge in [0.05, 0.1) is 19.3 Å². The van der Waals surface area contributed by atoms with E-state index in [1.807, 2.05) is 6.07 Å². The maximum atomic E-state index is 5.89. The molecule has 4 nitrogen and oxygen atoms in total. The minimum atomic E-state index is 0.165. The topological polar surface area (TPSA) is 27.7 Å². The average molecular weight is 454 g/mol. The Morgan fingerprint density at radius 2 is 1.72 bits per heavy atom. The number of hydrogen-bond donors (Lipinski definition) is 1. The molecular formula is C27H39N3OS. The molecule has 0 amide bonds. The van der Waals surface area contributed by atoms with E-state index < -0.39 is 0 Å². The number of ether oxygens (including phenoxy) is 1. The van der Waals surface area contributed by atoms with Crippen LogP contribution >= 0.6 is 12.2 Å². The smallest absolute Gasteiger partial charge is 0.169 e. The van der Waals surface area contributed by atoms with Gasteiger partial charge in [-0.3, -0.25) is 4.90 Å². The lowest BCUT2D eigenvalue weighted by Gasteiger charge is -2.31. The third-order valence-corrected chi connectivity index (χ3v) is 6.50. The maximum absolute atomic E-state index is 5.89. The minimum absolute atomic E-state index is 0.165. The molecule has 1 saturated heterocycles. The Kier molecular flexibility index (Phi) is 9.09. The monoisotopic (exact) mass is 453 g/mol. The van der Waals surface area contributed by atoms with Crippen molar-refractivity contribution < 1.29 is 4.74 Å². The highest BCUT2D eigenvalue weighted by Crippen LogP contribution is 2.23. The van der Waals surface area contributed by atoms with Crippen LogP contribution in [0, 0.1) is 0 Å². The second kappa shape index (κ2) is 11.8. The molecule has 0 aromatic heterocycles. The molecule has 1 fully saturated rings. The van der Waals surface area contributed by atoms with Gasteiger partial charge in [0.2, 0.25) is 0 Å². The van der Waals surface area contributed by atoms with Crippen LogP contribution < -0.4 is 5.32 Å². The zero-order valence-corrected chi connectivity index (χ0v) is 21.0. The maximum Gasteiger partial charge on any atom is 0.169 e. The third-order valence-electron chi connectivity index (χ3n) is 6.13. The van der Waals surface area contributed by atoms with Gasteiger partial charge in [0.25, 0.3) is 0 Å². The molecule has 32 heavy (non-hydrogen) atoms. The largest absolute Gasteiger partial charge is 0.379 e. The summed E-state index contributed by atoms with van der Waals surface area (Å²) < 4.78 is 5.48. The van der Waals surface area contributed by atoms with E-state index in [0.29, 0.717) is 0 Å². The summed E-state index contributed by atoms with van der Waals surface area (Å²) in [5, 5.41) is 4.39. The standard InChI is InChI=1S/C27H39N3OS/c1-22(24-9-6-5-7-10-24)28-26(32)30(16-8-15-29-17-19-31-20-18-29)21-23-11-13-25(14-12-23)27(2,3)4/h5-7,9-14,22H,8,15-21H2,1-4H3,(H,28,32). The van der Waals surface area contributed by atoms with Gasteiger partial charge in [-0.25, -0.2) is 0 Å². The molecule has 0 radical (unpaired) electrons. The quantitative estimate of drug-likeness (QED) is 0.559. The number of hydrogen-bond acceptors (Lipinski definition) is 3. The van der Waals surface area contributed by atoms with Crippen molar-refractivity contribution in [1.29, 1.82) is 0 Å². The van der Waals surface area contributed by atoms with Crippen LogP contribution in [0.25, 0.3) is 0 Å². The van der Waals surface area contributed by atoms with E-state index in [-0.39, 0.29) is 11.5 Å². The van der Waals surface area contributed by atoms with Crippen LogP contribution in [0.15, 0.2) is 54.6 Å². The van der Waals surface area contributed by atoms with Crippen molar-refractivity contribution in [3.63, 3.8) is 0 Å². The molecule has 0 aliphatic carbocycles. The highest BCUT2D eigenvalue weighted by atomic mass is 32.1. The number of thiocarbonyl (C=S) groups is 1. The van der Waals surface area contributed by atoms with E-state index in [0.717, 1.165) is 57.5 Å². The van der Waals surface area contributed by atoms with Crippen LogP contribution in [0.5, 0.6) is 0 Å². The summed E-state index contributed by atoms with van der Waals surface area (Å²) in [6, 6.07) is 19.7. The van der Waals surface area contributed by atoms with E-state index in [2.05, 4.69) is 91.3 Å². The van der Waals surface area contributed by atoms with Crippen molar-refractivity contribution in [3.05, 3.63) is 71.3 Å². The number of benzene rings is 2. The van der Waals surface area contributed by atoms with Gasteiger partial charge in [0, 0.05) is 32.7 Å². The van der Waals surface area contributed by atoms with Gasteiger partial charge in [-0.2, -0.15) is 0 Å². The zero-order chi connectivity index (χ0) is 23.0. The highest BCUT2D eigenvalue weighted by Gasteiger charge is 2.17. The summed E-state index contributed by atoms with van der Waals surface area (Å²) >= 11 is 5.89. The molecule has 1 heterocycles. The summed E-state index contributed by atoms with van der Waals surface area (Å²) in [6.07, 6.45) is 1.08. The first-order valence-electron chi connectivity index (χ1n) is 11.8. The Balaban J connectivity index is 1.64. The number of morpholine rings is 1. The van der Waals surface area contributed by atoms with Crippen molar-refractivity contribution in [2.24, 2.45) is 0 Å².